The van der Waals surface area contributed by atoms with Crippen LogP contribution in [0.2, 0.25) is 0 Å². The van der Waals surface area contributed by atoms with Gasteiger partial charge in [-0.2, -0.15) is 0 Å². The van der Waals surface area contributed by atoms with Crippen molar-refractivity contribution in [1.29, 1.82) is 0 Å². The van der Waals surface area contributed by atoms with E-state index in [1.54, 1.807) is 4.90 Å². The van der Waals surface area contributed by atoms with Crippen molar-refractivity contribution in [1.82, 2.24) is 4.90 Å². The van der Waals surface area contributed by atoms with Gasteiger partial charge in [-0.05, 0) is 24.6 Å². The molecular weight excluding hydrogens is 246 g/mol. The highest BCUT2D eigenvalue weighted by Crippen LogP contribution is 2.21. The van der Waals surface area contributed by atoms with Crippen molar-refractivity contribution < 1.29 is 19.4 Å². The Labute approximate surface area is 111 Å². The van der Waals surface area contributed by atoms with E-state index in [1.807, 2.05) is 31.2 Å². The first kappa shape index (κ1) is 13.4. The van der Waals surface area contributed by atoms with E-state index in [-0.39, 0.29) is 12.3 Å². The minimum atomic E-state index is -0.900. The van der Waals surface area contributed by atoms with Gasteiger partial charge in [-0.1, -0.05) is 12.1 Å². The topological polar surface area (TPSA) is 66.8 Å². The van der Waals surface area contributed by atoms with Gasteiger partial charge >= 0.3 is 5.97 Å². The summed E-state index contributed by atoms with van der Waals surface area (Å²) >= 11 is 0. The molecule has 1 saturated heterocycles. The summed E-state index contributed by atoms with van der Waals surface area (Å²) in [7, 11) is 0. The number of hydrogen-bond donors (Lipinski definition) is 1. The largest absolute Gasteiger partial charge is 0.494 e. The molecule has 0 saturated carbocycles. The molecule has 1 atom stereocenters. The lowest BCUT2D eigenvalue weighted by atomic mass is 10.1. The van der Waals surface area contributed by atoms with E-state index in [0.29, 0.717) is 19.7 Å². The zero-order valence-corrected chi connectivity index (χ0v) is 10.8. The number of carbonyl (C=O) groups is 2. The van der Waals surface area contributed by atoms with Crippen LogP contribution >= 0.6 is 0 Å². The highest BCUT2D eigenvalue weighted by Gasteiger charge is 2.33. The van der Waals surface area contributed by atoms with Gasteiger partial charge in [-0.25, -0.2) is 0 Å². The summed E-state index contributed by atoms with van der Waals surface area (Å²) < 4.78 is 5.34. The SMILES string of the molecule is CCOc1ccc(CN2C[C@@H](C(=O)O)CC2=O)cc1. The third kappa shape index (κ3) is 3.24. The highest BCUT2D eigenvalue weighted by molar-refractivity contribution is 5.86. The predicted octanol–water partition coefficient (Wildman–Crippen LogP) is 1.52. The molecule has 102 valence electrons. The summed E-state index contributed by atoms with van der Waals surface area (Å²) in [5, 5.41) is 8.91. The van der Waals surface area contributed by atoms with E-state index in [2.05, 4.69) is 0 Å². The first-order chi connectivity index (χ1) is 9.10. The fourth-order valence-corrected chi connectivity index (χ4v) is 2.17. The van der Waals surface area contributed by atoms with Gasteiger partial charge < -0.3 is 14.7 Å². The molecule has 1 aromatic rings. The van der Waals surface area contributed by atoms with Crippen LogP contribution < -0.4 is 4.74 Å². The van der Waals surface area contributed by atoms with Crippen LogP contribution in [0.4, 0.5) is 0 Å². The van der Waals surface area contributed by atoms with Crippen molar-refractivity contribution in [2.45, 2.75) is 19.9 Å². The number of rotatable bonds is 5. The van der Waals surface area contributed by atoms with Crippen molar-refractivity contribution in [3.05, 3.63) is 29.8 Å². The van der Waals surface area contributed by atoms with Crippen molar-refractivity contribution in [2.75, 3.05) is 13.2 Å². The first-order valence-electron chi connectivity index (χ1n) is 6.32. The molecule has 1 amide bonds. The fraction of sp³-hybridized carbons (Fsp3) is 0.429. The number of ether oxygens (including phenoxy) is 1. The van der Waals surface area contributed by atoms with Gasteiger partial charge in [0.25, 0.3) is 0 Å². The predicted molar refractivity (Wildman–Crippen MR) is 68.8 cm³/mol. The highest BCUT2D eigenvalue weighted by atomic mass is 16.5. The zero-order valence-electron chi connectivity index (χ0n) is 10.8. The summed E-state index contributed by atoms with van der Waals surface area (Å²) in [6.45, 7) is 3.28. The third-order valence-corrected chi connectivity index (χ3v) is 3.17. The number of nitrogens with zero attached hydrogens (tertiary/aromatic N) is 1. The fourth-order valence-electron chi connectivity index (χ4n) is 2.17. The van der Waals surface area contributed by atoms with Crippen LogP contribution in [0.1, 0.15) is 18.9 Å². The number of carbonyl (C=O) groups excluding carboxylic acids is 1. The lowest BCUT2D eigenvalue weighted by molar-refractivity contribution is -0.141. The van der Waals surface area contributed by atoms with Gasteiger partial charge in [0.1, 0.15) is 5.75 Å². The number of aliphatic carboxylic acids is 1. The normalized spacial score (nSPS) is 18.7. The maximum absolute atomic E-state index is 11.7. The van der Waals surface area contributed by atoms with Crippen LogP contribution in [0.5, 0.6) is 5.75 Å². The van der Waals surface area contributed by atoms with Crippen molar-refractivity contribution >= 4 is 11.9 Å². The van der Waals surface area contributed by atoms with Gasteiger partial charge in [-0.3, -0.25) is 9.59 Å². The Morgan fingerprint density at radius 3 is 2.63 bits per heavy atom. The minimum Gasteiger partial charge on any atom is -0.494 e. The lowest BCUT2D eigenvalue weighted by Gasteiger charge is -2.16. The Morgan fingerprint density at radius 1 is 1.42 bits per heavy atom. The van der Waals surface area contributed by atoms with E-state index < -0.39 is 11.9 Å². The van der Waals surface area contributed by atoms with Gasteiger partial charge in [0.05, 0.1) is 12.5 Å². The average molecular weight is 263 g/mol. The van der Waals surface area contributed by atoms with Crippen LogP contribution in [0, 0.1) is 5.92 Å². The van der Waals surface area contributed by atoms with E-state index in [4.69, 9.17) is 9.84 Å². The first-order valence-corrected chi connectivity index (χ1v) is 6.32. The molecular formula is C14H17NO4. The molecule has 0 spiro atoms. The third-order valence-electron chi connectivity index (χ3n) is 3.17. The number of likely N-dealkylation sites (tertiary alicyclic amines) is 1. The standard InChI is InChI=1S/C14H17NO4/c1-2-19-12-5-3-10(4-6-12)8-15-9-11(14(17)18)7-13(15)16/h3-6,11H,2,7-9H2,1H3,(H,17,18)/t11-/m0/s1. The van der Waals surface area contributed by atoms with Crippen molar-refractivity contribution in [2.24, 2.45) is 5.92 Å². The molecule has 1 aromatic carbocycles. The monoisotopic (exact) mass is 263 g/mol. The molecule has 1 fully saturated rings. The van der Waals surface area contributed by atoms with Crippen molar-refractivity contribution in [3.8, 4) is 5.75 Å². The second kappa shape index (κ2) is 5.73. The quantitative estimate of drug-likeness (QED) is 0.874. The summed E-state index contributed by atoms with van der Waals surface area (Å²) in [5.74, 6) is -0.776. The van der Waals surface area contributed by atoms with Crippen molar-refractivity contribution in [3.63, 3.8) is 0 Å². The molecule has 0 unspecified atom stereocenters. The maximum atomic E-state index is 11.7. The Bertz CT molecular complexity index is 469. The number of carboxylic acids is 1. The molecule has 1 N–H and O–H groups in total. The number of benzene rings is 1. The molecule has 1 heterocycles. The van der Waals surface area contributed by atoms with Gasteiger partial charge in [0.15, 0.2) is 0 Å². The average Bonchev–Trinajstić information content (AvgIpc) is 2.74. The Hall–Kier alpha value is -2.04. The van der Waals surface area contributed by atoms with Crippen LogP contribution in [-0.2, 0) is 16.1 Å². The van der Waals surface area contributed by atoms with E-state index in [9.17, 15) is 9.59 Å². The summed E-state index contributed by atoms with van der Waals surface area (Å²) in [6.07, 6.45) is 0.104. The van der Waals surface area contributed by atoms with Gasteiger partial charge in [-0.15, -0.1) is 0 Å². The van der Waals surface area contributed by atoms with Crippen LogP contribution in [0.3, 0.4) is 0 Å². The number of carboxylic acid groups (broad SMARTS) is 1. The maximum Gasteiger partial charge on any atom is 0.308 e. The molecule has 5 heteroatoms. The Balaban J connectivity index is 1.97. The molecule has 2 rings (SSSR count). The zero-order chi connectivity index (χ0) is 13.8. The van der Waals surface area contributed by atoms with Crippen LogP contribution in [-0.4, -0.2) is 35.0 Å². The molecule has 0 aliphatic carbocycles. The van der Waals surface area contributed by atoms with E-state index in [1.165, 1.54) is 0 Å². The summed E-state index contributed by atoms with van der Waals surface area (Å²) in [6, 6.07) is 7.50. The smallest absolute Gasteiger partial charge is 0.308 e. The molecule has 0 aromatic heterocycles. The molecule has 5 nitrogen and oxygen atoms in total. The second-order valence-electron chi connectivity index (χ2n) is 4.59. The second-order valence-corrected chi connectivity index (χ2v) is 4.59. The van der Waals surface area contributed by atoms with Gasteiger partial charge in [0, 0.05) is 19.5 Å². The molecule has 0 bridgehead atoms. The molecule has 1 aliphatic heterocycles. The van der Waals surface area contributed by atoms with E-state index in [0.717, 1.165) is 11.3 Å². The van der Waals surface area contributed by atoms with E-state index >= 15 is 0 Å². The lowest BCUT2D eigenvalue weighted by Crippen LogP contribution is -2.25. The molecule has 0 radical (unpaired) electrons. The number of hydrogen-bond acceptors (Lipinski definition) is 3. The summed E-state index contributed by atoms with van der Waals surface area (Å²) in [4.78, 5) is 24.2. The van der Waals surface area contributed by atoms with Gasteiger partial charge in [0.2, 0.25) is 5.91 Å². The minimum absolute atomic E-state index is 0.0960. The Morgan fingerprint density at radius 2 is 2.11 bits per heavy atom. The molecule has 1 aliphatic rings. The molecule has 19 heavy (non-hydrogen) atoms. The number of amides is 1. The van der Waals surface area contributed by atoms with Crippen LogP contribution in [0.15, 0.2) is 24.3 Å². The Kier molecular flexibility index (Phi) is 4.04. The van der Waals surface area contributed by atoms with Crippen LogP contribution in [0.25, 0.3) is 0 Å². The summed E-state index contributed by atoms with van der Waals surface area (Å²) in [5.41, 5.74) is 0.975.